The highest BCUT2D eigenvalue weighted by molar-refractivity contribution is 5.71. The number of ether oxygens (including phenoxy) is 1. The van der Waals surface area contributed by atoms with Gasteiger partial charge >= 0.3 is 0 Å². The van der Waals surface area contributed by atoms with E-state index in [0.717, 1.165) is 0 Å². The molecule has 1 aliphatic rings. The van der Waals surface area contributed by atoms with Crippen molar-refractivity contribution in [3.8, 4) is 0 Å². The second-order valence-electron chi connectivity index (χ2n) is 1.85. The second kappa shape index (κ2) is 2.64. The van der Waals surface area contributed by atoms with Crippen LogP contribution in [0.2, 0.25) is 0 Å². The van der Waals surface area contributed by atoms with Crippen LogP contribution in [0.25, 0.3) is 0 Å². The third kappa shape index (κ3) is 1.29. The lowest BCUT2D eigenvalue weighted by molar-refractivity contribution is 0.0191. The zero-order valence-electron chi connectivity index (χ0n) is 5.61. The lowest BCUT2D eigenvalue weighted by Crippen LogP contribution is -2.28. The number of hydrazone groups is 1. The lowest BCUT2D eigenvalue weighted by Gasteiger charge is -2.22. The van der Waals surface area contributed by atoms with Crippen molar-refractivity contribution < 1.29 is 4.74 Å². The first-order valence-electron chi connectivity index (χ1n) is 2.81. The molecule has 0 saturated heterocycles. The molecular weight excluding hydrogens is 116 g/mol. The summed E-state index contributed by atoms with van der Waals surface area (Å²) >= 11 is 0. The Kier molecular flexibility index (Phi) is 1.85. The van der Waals surface area contributed by atoms with Crippen LogP contribution >= 0.6 is 0 Å². The summed E-state index contributed by atoms with van der Waals surface area (Å²) < 4.78 is 5.03. The fraction of sp³-hybridized carbons (Fsp3) is 0.500. The molecule has 0 aromatic rings. The summed E-state index contributed by atoms with van der Waals surface area (Å²) in [6, 6.07) is 0. The topological polar surface area (TPSA) is 24.8 Å². The van der Waals surface area contributed by atoms with Gasteiger partial charge in [-0.3, -0.25) is 5.01 Å². The number of rotatable bonds is 1. The third-order valence-corrected chi connectivity index (χ3v) is 1.22. The van der Waals surface area contributed by atoms with E-state index < -0.39 is 0 Å². The van der Waals surface area contributed by atoms with Gasteiger partial charge < -0.3 is 4.74 Å². The average Bonchev–Trinajstić information content (AvgIpc) is 1.89. The van der Waals surface area contributed by atoms with Gasteiger partial charge in [0, 0.05) is 20.4 Å². The predicted molar refractivity (Wildman–Crippen MR) is 36.2 cm³/mol. The summed E-state index contributed by atoms with van der Waals surface area (Å²) in [6.45, 7) is 0. The van der Waals surface area contributed by atoms with Crippen LogP contribution in [0.3, 0.4) is 0 Å². The predicted octanol–water partition coefficient (Wildman–Crippen LogP) is 0.446. The highest BCUT2D eigenvalue weighted by Gasteiger charge is 2.07. The first kappa shape index (κ1) is 6.29. The molecule has 0 saturated carbocycles. The van der Waals surface area contributed by atoms with Crippen molar-refractivity contribution >= 4 is 6.21 Å². The largest absolute Gasteiger partial charge is 0.356 e. The van der Waals surface area contributed by atoms with Crippen molar-refractivity contribution in [3.63, 3.8) is 0 Å². The molecule has 1 atom stereocenters. The van der Waals surface area contributed by atoms with Crippen molar-refractivity contribution in [2.45, 2.75) is 6.23 Å². The molecule has 3 heteroatoms. The van der Waals surface area contributed by atoms with Crippen molar-refractivity contribution in [3.05, 3.63) is 12.2 Å². The Balaban J connectivity index is 2.55. The number of hydrogen-bond donors (Lipinski definition) is 0. The summed E-state index contributed by atoms with van der Waals surface area (Å²) in [6.07, 6.45) is 5.55. The number of hydrogen-bond acceptors (Lipinski definition) is 3. The first-order valence-corrected chi connectivity index (χ1v) is 2.81. The highest BCUT2D eigenvalue weighted by Crippen LogP contribution is 2.02. The molecule has 0 bridgehead atoms. The molecule has 0 radical (unpaired) electrons. The van der Waals surface area contributed by atoms with E-state index in [0.29, 0.717) is 0 Å². The van der Waals surface area contributed by atoms with Crippen molar-refractivity contribution in [1.82, 2.24) is 5.01 Å². The quantitative estimate of drug-likeness (QED) is 0.509. The second-order valence-corrected chi connectivity index (χ2v) is 1.85. The van der Waals surface area contributed by atoms with Gasteiger partial charge in [0.1, 0.15) is 0 Å². The minimum atomic E-state index is 0.00926. The minimum absolute atomic E-state index is 0.00926. The summed E-state index contributed by atoms with van der Waals surface area (Å²) in [5.74, 6) is 0. The van der Waals surface area contributed by atoms with Crippen LogP contribution in [0.15, 0.2) is 17.3 Å². The van der Waals surface area contributed by atoms with E-state index in [1.54, 1.807) is 18.3 Å². The maximum Gasteiger partial charge on any atom is 0.164 e. The zero-order valence-corrected chi connectivity index (χ0v) is 5.61. The summed E-state index contributed by atoms with van der Waals surface area (Å²) in [7, 11) is 3.53. The van der Waals surface area contributed by atoms with Gasteiger partial charge in [-0.2, -0.15) is 5.10 Å². The molecule has 0 aromatic carbocycles. The molecule has 0 N–H and O–H groups in total. The van der Waals surface area contributed by atoms with Crippen molar-refractivity contribution in [1.29, 1.82) is 0 Å². The molecule has 0 amide bonds. The molecule has 9 heavy (non-hydrogen) atoms. The number of allylic oxidation sites excluding steroid dienone is 1. The van der Waals surface area contributed by atoms with Crippen molar-refractivity contribution in [2.24, 2.45) is 5.10 Å². The Bertz CT molecular complexity index is 142. The van der Waals surface area contributed by atoms with E-state index in [-0.39, 0.29) is 6.23 Å². The molecule has 50 valence electrons. The van der Waals surface area contributed by atoms with Crippen molar-refractivity contribution in [2.75, 3.05) is 14.2 Å². The van der Waals surface area contributed by atoms with Crippen LogP contribution in [0.4, 0.5) is 0 Å². The Hall–Kier alpha value is -0.830. The Morgan fingerprint density at radius 2 is 2.44 bits per heavy atom. The van der Waals surface area contributed by atoms with Crippen LogP contribution < -0.4 is 0 Å². The van der Waals surface area contributed by atoms with Crippen LogP contribution in [-0.4, -0.2) is 31.6 Å². The van der Waals surface area contributed by atoms with Crippen LogP contribution in [-0.2, 0) is 4.74 Å². The molecule has 0 spiro atoms. The molecule has 3 nitrogen and oxygen atoms in total. The number of likely N-dealkylation sites (N-methyl/N-ethyl adjacent to an activating group) is 1. The first-order chi connectivity index (χ1) is 4.34. The van der Waals surface area contributed by atoms with Gasteiger partial charge in [0.05, 0.1) is 0 Å². The summed E-state index contributed by atoms with van der Waals surface area (Å²) in [5.41, 5.74) is 0. The maximum absolute atomic E-state index is 5.03. The lowest BCUT2D eigenvalue weighted by atomic mass is 10.4. The van der Waals surface area contributed by atoms with E-state index in [2.05, 4.69) is 5.10 Å². The highest BCUT2D eigenvalue weighted by atomic mass is 16.5. The number of nitrogens with zero attached hydrogens (tertiary/aromatic N) is 2. The fourth-order valence-corrected chi connectivity index (χ4v) is 0.710. The van der Waals surface area contributed by atoms with E-state index in [4.69, 9.17) is 4.74 Å². The van der Waals surface area contributed by atoms with E-state index in [1.807, 2.05) is 19.2 Å². The normalized spacial score (nSPS) is 25.1. The maximum atomic E-state index is 5.03. The van der Waals surface area contributed by atoms with E-state index >= 15 is 0 Å². The SMILES string of the molecule is COC1C=CC=NN1C. The Morgan fingerprint density at radius 3 is 2.89 bits per heavy atom. The van der Waals surface area contributed by atoms with E-state index in [9.17, 15) is 0 Å². The molecule has 1 rings (SSSR count). The van der Waals surface area contributed by atoms with Gasteiger partial charge in [-0.25, -0.2) is 0 Å². The van der Waals surface area contributed by atoms with Gasteiger partial charge in [-0.15, -0.1) is 0 Å². The Morgan fingerprint density at radius 1 is 1.67 bits per heavy atom. The molecule has 1 aliphatic heterocycles. The van der Waals surface area contributed by atoms with Gasteiger partial charge in [0.2, 0.25) is 0 Å². The monoisotopic (exact) mass is 126 g/mol. The molecule has 0 fully saturated rings. The van der Waals surface area contributed by atoms with Crippen LogP contribution in [0, 0.1) is 0 Å². The zero-order chi connectivity index (χ0) is 6.69. The molecule has 1 unspecified atom stereocenters. The number of methoxy groups -OCH3 is 1. The smallest absolute Gasteiger partial charge is 0.164 e. The third-order valence-electron chi connectivity index (χ3n) is 1.22. The minimum Gasteiger partial charge on any atom is -0.356 e. The van der Waals surface area contributed by atoms with Gasteiger partial charge in [-0.1, -0.05) is 0 Å². The summed E-state index contributed by atoms with van der Waals surface area (Å²) in [5, 5.41) is 5.73. The molecule has 0 aliphatic carbocycles. The molecule has 0 aromatic heterocycles. The van der Waals surface area contributed by atoms with Gasteiger partial charge in [0.15, 0.2) is 6.23 Å². The fourth-order valence-electron chi connectivity index (χ4n) is 0.710. The van der Waals surface area contributed by atoms with Crippen LogP contribution in [0.1, 0.15) is 0 Å². The van der Waals surface area contributed by atoms with Crippen LogP contribution in [0.5, 0.6) is 0 Å². The van der Waals surface area contributed by atoms with Gasteiger partial charge in [0.25, 0.3) is 0 Å². The molecule has 1 heterocycles. The molecular formula is C6H10N2O. The van der Waals surface area contributed by atoms with Gasteiger partial charge in [-0.05, 0) is 12.2 Å². The standard InChI is InChI=1S/C6H10N2O/c1-8-6(9-2)4-3-5-7-8/h3-6H,1-2H3. The Labute approximate surface area is 54.6 Å². The average molecular weight is 126 g/mol. The summed E-state index contributed by atoms with van der Waals surface area (Å²) in [4.78, 5) is 0. The van der Waals surface area contributed by atoms with E-state index in [1.165, 1.54) is 0 Å².